The van der Waals surface area contributed by atoms with Crippen LogP contribution in [0.25, 0.3) is 44.1 Å². The van der Waals surface area contributed by atoms with Gasteiger partial charge in [-0.2, -0.15) is 0 Å². The molecule has 0 aliphatic carbocycles. The monoisotopic (exact) mass is 555 g/mol. The summed E-state index contributed by atoms with van der Waals surface area (Å²) < 4.78 is 4.71. The lowest BCUT2D eigenvalue weighted by Gasteiger charge is -2.32. The lowest BCUT2D eigenvalue weighted by Crippen LogP contribution is -2.14. The van der Waals surface area contributed by atoms with E-state index in [4.69, 9.17) is 0 Å². The molecule has 1 aliphatic rings. The van der Waals surface area contributed by atoms with Crippen LogP contribution in [0.15, 0.2) is 162 Å². The Bertz CT molecular complexity index is 2230. The van der Waals surface area contributed by atoms with Crippen LogP contribution in [0.2, 0.25) is 0 Å². The van der Waals surface area contributed by atoms with Gasteiger partial charge in [0.05, 0.1) is 27.9 Å². The number of hydrogen-bond donors (Lipinski definition) is 0. The van der Waals surface area contributed by atoms with E-state index in [9.17, 15) is 0 Å². The van der Waals surface area contributed by atoms with Crippen LogP contribution in [0.5, 0.6) is 0 Å². The fraction of sp³-hybridized carbons (Fsp3) is 0. The second-order valence-electron chi connectivity index (χ2n) is 10.7. The summed E-state index contributed by atoms with van der Waals surface area (Å²) in [7, 11) is 0. The molecule has 0 atom stereocenters. The Kier molecular flexibility index (Phi) is 5.13. The van der Waals surface area contributed by atoms with Crippen molar-refractivity contribution < 1.29 is 0 Å². The van der Waals surface area contributed by atoms with Crippen molar-refractivity contribution in [3.05, 3.63) is 152 Å². The summed E-state index contributed by atoms with van der Waals surface area (Å²) >= 11 is 1.84. The van der Waals surface area contributed by atoms with E-state index in [1.807, 2.05) is 11.8 Å². The fourth-order valence-corrected chi connectivity index (χ4v) is 7.55. The maximum absolute atomic E-state index is 2.43. The number of nitrogens with zero attached hydrogens (tertiary/aromatic N) is 3. The van der Waals surface area contributed by atoms with Crippen molar-refractivity contribution in [3.63, 3.8) is 0 Å². The lowest BCUT2D eigenvalue weighted by atomic mass is 10.1. The van der Waals surface area contributed by atoms with Gasteiger partial charge in [0.1, 0.15) is 0 Å². The van der Waals surface area contributed by atoms with Crippen LogP contribution in [0.4, 0.5) is 17.1 Å². The largest absolute Gasteiger partial charge is 0.316 e. The molecule has 0 unspecified atom stereocenters. The van der Waals surface area contributed by atoms with Crippen molar-refractivity contribution in [1.29, 1.82) is 0 Å². The highest BCUT2D eigenvalue weighted by Crippen LogP contribution is 2.52. The van der Waals surface area contributed by atoms with Gasteiger partial charge in [0.2, 0.25) is 0 Å². The molecule has 42 heavy (non-hydrogen) atoms. The number of fused-ring (bicyclic) bond motifs is 7. The summed E-state index contributed by atoms with van der Waals surface area (Å²) in [5, 5.41) is 3.74. The molecule has 9 rings (SSSR count). The third-order valence-electron chi connectivity index (χ3n) is 8.32. The lowest BCUT2D eigenvalue weighted by molar-refractivity contribution is 1.13. The standard InChI is InChI=1S/C38H25N3S/c1-3-11-26(12-4-1)39-24-23-30-32(39)22-20-29-31-25-28(19-21-33(31)41(38(29)30)27-13-5-2-6-14-27)40-34-15-7-9-17-36(34)42-37-18-10-8-16-35(37)40/h1-25H. The molecule has 0 radical (unpaired) electrons. The summed E-state index contributed by atoms with van der Waals surface area (Å²) in [6, 6.07) is 52.5. The first-order valence-electron chi connectivity index (χ1n) is 14.2. The summed E-state index contributed by atoms with van der Waals surface area (Å²) in [4.78, 5) is 4.95. The third-order valence-corrected chi connectivity index (χ3v) is 9.45. The first-order valence-corrected chi connectivity index (χ1v) is 15.0. The highest BCUT2D eigenvalue weighted by molar-refractivity contribution is 7.99. The molecule has 0 saturated carbocycles. The number of anilines is 3. The van der Waals surface area contributed by atoms with Crippen molar-refractivity contribution in [2.24, 2.45) is 0 Å². The number of aromatic nitrogens is 2. The fourth-order valence-electron chi connectivity index (χ4n) is 6.50. The molecule has 198 valence electrons. The van der Waals surface area contributed by atoms with Gasteiger partial charge in [-0.15, -0.1) is 0 Å². The van der Waals surface area contributed by atoms with Gasteiger partial charge in [0.15, 0.2) is 0 Å². The molecule has 0 bridgehead atoms. The van der Waals surface area contributed by atoms with Gasteiger partial charge in [-0.1, -0.05) is 78.5 Å². The highest BCUT2D eigenvalue weighted by atomic mass is 32.2. The van der Waals surface area contributed by atoms with E-state index in [1.54, 1.807) is 0 Å². The maximum atomic E-state index is 2.43. The van der Waals surface area contributed by atoms with Crippen LogP contribution in [0.1, 0.15) is 0 Å². The third kappa shape index (κ3) is 3.42. The molecule has 6 aromatic carbocycles. The Morgan fingerprint density at radius 3 is 1.76 bits per heavy atom. The number of benzene rings is 6. The Hall–Kier alpha value is -5.19. The molecule has 3 heterocycles. The van der Waals surface area contributed by atoms with Crippen LogP contribution < -0.4 is 4.90 Å². The van der Waals surface area contributed by atoms with E-state index in [2.05, 4.69) is 166 Å². The molecule has 4 heteroatoms. The zero-order valence-corrected chi connectivity index (χ0v) is 23.5. The highest BCUT2D eigenvalue weighted by Gasteiger charge is 2.25. The second kappa shape index (κ2) is 9.16. The van der Waals surface area contributed by atoms with E-state index < -0.39 is 0 Å². The Labute approximate surface area is 247 Å². The summed E-state index contributed by atoms with van der Waals surface area (Å²) in [6.45, 7) is 0. The van der Waals surface area contributed by atoms with Crippen LogP contribution in [-0.2, 0) is 0 Å². The van der Waals surface area contributed by atoms with E-state index in [1.165, 1.54) is 53.9 Å². The quantitative estimate of drug-likeness (QED) is 0.215. The van der Waals surface area contributed by atoms with Crippen molar-refractivity contribution in [1.82, 2.24) is 9.13 Å². The smallest absolute Gasteiger partial charge is 0.0635 e. The Morgan fingerprint density at radius 2 is 1.05 bits per heavy atom. The number of para-hydroxylation sites is 4. The molecule has 2 aromatic heterocycles. The number of rotatable bonds is 3. The minimum absolute atomic E-state index is 1.16. The zero-order chi connectivity index (χ0) is 27.6. The molecule has 0 N–H and O–H groups in total. The van der Waals surface area contributed by atoms with Gasteiger partial charge in [-0.25, -0.2) is 0 Å². The Morgan fingerprint density at radius 1 is 0.429 bits per heavy atom. The normalized spacial score (nSPS) is 12.6. The van der Waals surface area contributed by atoms with Crippen molar-refractivity contribution in [2.75, 3.05) is 4.90 Å². The van der Waals surface area contributed by atoms with Gasteiger partial charge in [-0.3, -0.25) is 0 Å². The van der Waals surface area contributed by atoms with Crippen LogP contribution in [0.3, 0.4) is 0 Å². The van der Waals surface area contributed by atoms with E-state index in [0.717, 1.165) is 17.1 Å². The first kappa shape index (κ1) is 23.5. The Balaban J connectivity index is 1.34. The second-order valence-corrected chi connectivity index (χ2v) is 11.7. The molecular formula is C38H25N3S. The minimum atomic E-state index is 1.16. The summed E-state index contributed by atoms with van der Waals surface area (Å²) in [5.41, 5.74) is 9.56. The zero-order valence-electron chi connectivity index (χ0n) is 22.7. The van der Waals surface area contributed by atoms with Crippen molar-refractivity contribution >= 4 is 61.5 Å². The average molecular weight is 556 g/mol. The SMILES string of the molecule is c1ccc(-n2ccc3c2ccc2c4cc(N5c6ccccc6Sc6ccccc65)ccc4n(-c4ccccc4)c23)cc1. The van der Waals surface area contributed by atoms with Gasteiger partial charge < -0.3 is 14.0 Å². The van der Waals surface area contributed by atoms with Crippen LogP contribution in [-0.4, -0.2) is 9.13 Å². The van der Waals surface area contributed by atoms with Crippen molar-refractivity contribution in [3.8, 4) is 11.4 Å². The molecule has 8 aromatic rings. The number of hydrogen-bond acceptors (Lipinski definition) is 2. The van der Waals surface area contributed by atoms with Crippen molar-refractivity contribution in [2.45, 2.75) is 9.79 Å². The van der Waals surface area contributed by atoms with E-state index in [-0.39, 0.29) is 0 Å². The first-order chi connectivity index (χ1) is 20.8. The predicted octanol–water partition coefficient (Wildman–Crippen LogP) is 10.7. The van der Waals surface area contributed by atoms with Gasteiger partial charge >= 0.3 is 0 Å². The van der Waals surface area contributed by atoms with Gasteiger partial charge in [0, 0.05) is 49.2 Å². The van der Waals surface area contributed by atoms with Gasteiger partial charge in [0.25, 0.3) is 0 Å². The molecule has 0 saturated heterocycles. The molecule has 0 amide bonds. The van der Waals surface area contributed by atoms with E-state index >= 15 is 0 Å². The van der Waals surface area contributed by atoms with Gasteiger partial charge in [-0.05, 0) is 78.9 Å². The molecule has 0 fully saturated rings. The van der Waals surface area contributed by atoms with E-state index in [0.29, 0.717) is 0 Å². The molecule has 1 aliphatic heterocycles. The van der Waals surface area contributed by atoms with Crippen LogP contribution >= 0.6 is 11.8 Å². The predicted molar refractivity (Wildman–Crippen MR) is 176 cm³/mol. The molecular weight excluding hydrogens is 531 g/mol. The maximum Gasteiger partial charge on any atom is 0.0635 e. The minimum Gasteiger partial charge on any atom is -0.316 e. The van der Waals surface area contributed by atoms with Crippen LogP contribution in [0, 0.1) is 0 Å². The summed E-state index contributed by atoms with van der Waals surface area (Å²) in [5.74, 6) is 0. The average Bonchev–Trinajstić information content (AvgIpc) is 3.63. The molecule has 0 spiro atoms. The summed E-state index contributed by atoms with van der Waals surface area (Å²) in [6.07, 6.45) is 2.19. The topological polar surface area (TPSA) is 13.1 Å². The molecule has 3 nitrogen and oxygen atoms in total.